The smallest absolute Gasteiger partial charge is 0.415 e. The van der Waals surface area contributed by atoms with Gasteiger partial charge in [-0.25, -0.2) is 14.4 Å². The highest BCUT2D eigenvalue weighted by Crippen LogP contribution is 2.43. The minimum absolute atomic E-state index is 0.0591. The number of hydrogen-bond donors (Lipinski definition) is 8. The van der Waals surface area contributed by atoms with Gasteiger partial charge in [-0.3, -0.25) is 33.8 Å². The standard InChI is InChI=1S/C55H72N12O11/c1-7-48(69)66-34(2)31-46(43-11-8-9-13-45(43)66)67(55(75)78-33-37-14-16-39(17-15-37)61-50(70)44(12-10-26-58-53(57)73)63-51(71)49(56)36(4)76-6)41-22-18-38(19-23-41)60-47(68)32-59-54(74)62-40-20-24-42(25-21-40)77-30-29-65-28-27-64(5)52(72)35(65)3/h8-9,11,13-25,34-36,44,46,49H,7,10,12,26-33,56H2,1-6H3,(H,60,68)(H,61,70)(H,63,71)(H3,57,58,73)(H2,59,62,74)/t34-,35+,36?,44-,46+,49-/m0/s1. The van der Waals surface area contributed by atoms with Crippen LogP contribution in [0.1, 0.15) is 70.5 Å². The topological polar surface area (TPSA) is 301 Å². The second-order valence-corrected chi connectivity index (χ2v) is 19.1. The Bertz CT molecular complexity index is 2730. The van der Waals surface area contributed by atoms with Crippen LogP contribution in [0.15, 0.2) is 97.1 Å². The number of ether oxygens (including phenoxy) is 3. The molecule has 1 fully saturated rings. The Balaban J connectivity index is 1.08. The molecule has 2 aliphatic heterocycles. The van der Waals surface area contributed by atoms with E-state index in [-0.39, 0.29) is 56.4 Å². The van der Waals surface area contributed by atoms with Crippen LogP contribution in [0.4, 0.5) is 42.8 Å². The third kappa shape index (κ3) is 16.1. The number of nitrogens with one attached hydrogen (secondary N) is 6. The zero-order chi connectivity index (χ0) is 56.5. The van der Waals surface area contributed by atoms with Crippen molar-refractivity contribution in [2.75, 3.05) is 79.2 Å². The second-order valence-electron chi connectivity index (χ2n) is 19.1. The molecule has 418 valence electrons. The number of methoxy groups -OCH3 is 1. The predicted molar refractivity (Wildman–Crippen MR) is 295 cm³/mol. The van der Waals surface area contributed by atoms with Crippen LogP contribution < -0.4 is 57.9 Å². The molecule has 0 radical (unpaired) electrons. The van der Waals surface area contributed by atoms with E-state index in [0.29, 0.717) is 72.3 Å². The zero-order valence-corrected chi connectivity index (χ0v) is 44.9. The molecule has 6 atom stereocenters. The second kappa shape index (κ2) is 28.2. The predicted octanol–water partition coefficient (Wildman–Crippen LogP) is 4.64. The quantitative estimate of drug-likeness (QED) is 0.0470. The lowest BCUT2D eigenvalue weighted by Crippen LogP contribution is -2.55. The largest absolute Gasteiger partial charge is 0.492 e. The number of piperazine rings is 1. The Kier molecular flexibility index (Phi) is 21.3. The van der Waals surface area contributed by atoms with Gasteiger partial charge in [0.2, 0.25) is 29.5 Å². The molecule has 1 unspecified atom stereocenters. The maximum atomic E-state index is 14.5. The highest BCUT2D eigenvalue weighted by molar-refractivity contribution is 5.99. The molecule has 4 aromatic carbocycles. The summed E-state index contributed by atoms with van der Waals surface area (Å²) in [6.07, 6.45) is -0.179. The number of carbonyl (C=O) groups is 8. The van der Waals surface area contributed by atoms with Crippen LogP contribution in [0.5, 0.6) is 5.75 Å². The zero-order valence-electron chi connectivity index (χ0n) is 44.9. The van der Waals surface area contributed by atoms with Crippen molar-refractivity contribution >= 4 is 76.1 Å². The highest BCUT2D eigenvalue weighted by Gasteiger charge is 2.39. The number of benzene rings is 4. The molecule has 10 N–H and O–H groups in total. The number of likely N-dealkylation sites (N-methyl/N-ethyl adjacent to an activating group) is 1. The summed E-state index contributed by atoms with van der Waals surface area (Å²) >= 11 is 0. The minimum atomic E-state index is -1.05. The first-order chi connectivity index (χ1) is 37.4. The first-order valence-electron chi connectivity index (χ1n) is 25.9. The molecule has 78 heavy (non-hydrogen) atoms. The van der Waals surface area contributed by atoms with Crippen LogP contribution in [-0.2, 0) is 40.1 Å². The van der Waals surface area contributed by atoms with E-state index in [2.05, 4.69) is 36.8 Å². The molecule has 0 aliphatic carbocycles. The molecular weight excluding hydrogens is 1000 g/mol. The molecule has 0 saturated carbocycles. The van der Waals surface area contributed by atoms with E-state index >= 15 is 0 Å². The third-order valence-corrected chi connectivity index (χ3v) is 13.6. The lowest BCUT2D eigenvalue weighted by molar-refractivity contribution is -0.139. The fraction of sp³-hybridized carbons (Fsp3) is 0.418. The molecule has 23 nitrogen and oxygen atoms in total. The molecule has 0 aromatic heterocycles. The van der Waals surface area contributed by atoms with Crippen LogP contribution in [0.2, 0.25) is 0 Å². The lowest BCUT2D eigenvalue weighted by Gasteiger charge is -2.43. The van der Waals surface area contributed by atoms with Gasteiger partial charge in [0.1, 0.15) is 31.0 Å². The molecule has 2 aliphatic rings. The van der Waals surface area contributed by atoms with Crippen LogP contribution in [-0.4, -0.2) is 141 Å². The Morgan fingerprint density at radius 2 is 1.47 bits per heavy atom. The van der Waals surface area contributed by atoms with Crippen molar-refractivity contribution in [1.29, 1.82) is 0 Å². The summed E-state index contributed by atoms with van der Waals surface area (Å²) in [4.78, 5) is 110. The summed E-state index contributed by atoms with van der Waals surface area (Å²) in [5, 5.41) is 15.9. The third-order valence-electron chi connectivity index (χ3n) is 13.6. The number of amides is 10. The van der Waals surface area contributed by atoms with Gasteiger partial charge in [0, 0.05) is 81.2 Å². The number of anilines is 5. The van der Waals surface area contributed by atoms with Crippen molar-refractivity contribution in [3.63, 3.8) is 0 Å². The fourth-order valence-corrected chi connectivity index (χ4v) is 9.06. The number of rotatable bonds is 23. The molecule has 4 aromatic rings. The summed E-state index contributed by atoms with van der Waals surface area (Å²) < 4.78 is 17.0. The van der Waals surface area contributed by atoms with Crippen molar-refractivity contribution in [3.8, 4) is 5.75 Å². The summed E-state index contributed by atoms with van der Waals surface area (Å²) in [7, 11) is 3.22. The van der Waals surface area contributed by atoms with E-state index in [4.69, 9.17) is 25.7 Å². The van der Waals surface area contributed by atoms with E-state index in [1.165, 1.54) is 12.0 Å². The molecule has 0 spiro atoms. The van der Waals surface area contributed by atoms with Gasteiger partial charge in [0.25, 0.3) is 0 Å². The monoisotopic (exact) mass is 1080 g/mol. The highest BCUT2D eigenvalue weighted by atomic mass is 16.6. The SMILES string of the molecule is CCC(=O)N1c2ccccc2[C@H](N(C(=O)OCc2ccc(NC(=O)[C@H](CCCNC(N)=O)NC(=O)[C@@H](N)C(C)OC)cc2)c2ccc(NC(=O)CNC(=O)Nc3ccc(OCCN4CCN(C)C(=O)[C@H]4C)cc3)cc2)C[C@@H]1C. The van der Waals surface area contributed by atoms with Gasteiger partial charge >= 0.3 is 18.2 Å². The number of primary amides is 1. The van der Waals surface area contributed by atoms with E-state index < -0.39 is 60.1 Å². The Morgan fingerprint density at radius 3 is 2.15 bits per heavy atom. The van der Waals surface area contributed by atoms with Crippen molar-refractivity contribution in [3.05, 3.63) is 108 Å². The average molecular weight is 1080 g/mol. The van der Waals surface area contributed by atoms with Gasteiger partial charge in [-0.1, -0.05) is 37.3 Å². The number of nitrogens with two attached hydrogens (primary N) is 2. The number of para-hydroxylation sites is 1. The van der Waals surface area contributed by atoms with Gasteiger partial charge in [-0.05, 0) is 118 Å². The maximum Gasteiger partial charge on any atom is 0.415 e. The van der Waals surface area contributed by atoms with Gasteiger partial charge in [0.05, 0.1) is 24.7 Å². The molecule has 6 rings (SSSR count). The Morgan fingerprint density at radius 1 is 0.821 bits per heavy atom. The van der Waals surface area contributed by atoms with Gasteiger partial charge in [-0.2, -0.15) is 0 Å². The Labute approximate surface area is 454 Å². The molecule has 23 heteroatoms. The van der Waals surface area contributed by atoms with Crippen LogP contribution in [0.25, 0.3) is 0 Å². The molecule has 1 saturated heterocycles. The molecule has 0 bridgehead atoms. The van der Waals surface area contributed by atoms with Crippen molar-refractivity contribution in [1.82, 2.24) is 25.8 Å². The van der Waals surface area contributed by atoms with Gasteiger partial charge < -0.3 is 67.4 Å². The van der Waals surface area contributed by atoms with Crippen LogP contribution >= 0.6 is 0 Å². The summed E-state index contributed by atoms with van der Waals surface area (Å²) in [6.45, 7) is 9.32. The van der Waals surface area contributed by atoms with E-state index in [9.17, 15) is 38.4 Å². The average Bonchev–Trinajstić information content (AvgIpc) is 3.61. The normalized spacial score (nSPS) is 17.3. The number of hydrogen-bond acceptors (Lipinski definition) is 13. The van der Waals surface area contributed by atoms with Crippen molar-refractivity contribution in [2.24, 2.45) is 11.5 Å². The van der Waals surface area contributed by atoms with Gasteiger partial charge in [0.15, 0.2) is 0 Å². The Hall–Kier alpha value is -8.28. The van der Waals surface area contributed by atoms with E-state index in [1.807, 2.05) is 38.1 Å². The first-order valence-corrected chi connectivity index (χ1v) is 25.9. The molecule has 10 amide bonds. The van der Waals surface area contributed by atoms with E-state index in [1.54, 1.807) is 103 Å². The first kappa shape index (κ1) is 59.0. The summed E-state index contributed by atoms with van der Waals surface area (Å²) in [5.41, 5.74) is 14.9. The van der Waals surface area contributed by atoms with Crippen molar-refractivity contribution < 1.29 is 52.6 Å². The fourth-order valence-electron chi connectivity index (χ4n) is 9.06. The van der Waals surface area contributed by atoms with Crippen LogP contribution in [0, 0.1) is 0 Å². The van der Waals surface area contributed by atoms with Gasteiger partial charge in [-0.15, -0.1) is 0 Å². The minimum Gasteiger partial charge on any atom is -0.492 e. The molecular formula is C55H72N12O11. The summed E-state index contributed by atoms with van der Waals surface area (Å²) in [5.74, 6) is -1.01. The molecule has 2 heterocycles. The number of urea groups is 2. The summed E-state index contributed by atoms with van der Waals surface area (Å²) in [6, 6.07) is 22.9. The van der Waals surface area contributed by atoms with Crippen molar-refractivity contribution in [2.45, 2.75) is 96.3 Å². The number of carbonyl (C=O) groups excluding carboxylic acids is 8. The lowest BCUT2D eigenvalue weighted by atomic mass is 9.90. The number of nitrogens with zero attached hydrogens (tertiary/aromatic N) is 4. The van der Waals surface area contributed by atoms with E-state index in [0.717, 1.165) is 12.1 Å². The number of fused-ring (bicyclic) bond motifs is 1. The maximum absolute atomic E-state index is 14.5. The van der Waals surface area contributed by atoms with Crippen LogP contribution in [0.3, 0.4) is 0 Å².